The van der Waals surface area contributed by atoms with Crippen molar-refractivity contribution in [3.8, 4) is 17.0 Å². The highest BCUT2D eigenvalue weighted by Crippen LogP contribution is 2.34. The van der Waals surface area contributed by atoms with Crippen LogP contribution in [-0.4, -0.2) is 59.9 Å². The highest BCUT2D eigenvalue weighted by atomic mass is 16.5. The van der Waals surface area contributed by atoms with E-state index in [2.05, 4.69) is 51.5 Å². The maximum atomic E-state index is 13.4. The maximum Gasteiger partial charge on any atom is 0.252 e. The van der Waals surface area contributed by atoms with Gasteiger partial charge in [0, 0.05) is 55.2 Å². The Balaban J connectivity index is 1.37. The fourth-order valence-corrected chi connectivity index (χ4v) is 5.37. The molecule has 1 aromatic heterocycles. The number of hydrogen-bond acceptors (Lipinski definition) is 5. The van der Waals surface area contributed by atoms with Gasteiger partial charge in [-0.05, 0) is 74.8 Å². The predicted octanol–water partition coefficient (Wildman–Crippen LogP) is 3.79. The lowest BCUT2D eigenvalue weighted by atomic mass is 10.0. The number of fused-ring (bicyclic) bond motifs is 2. The molecule has 2 aliphatic rings. The Morgan fingerprint density at radius 2 is 1.94 bits per heavy atom. The molecule has 2 saturated heterocycles. The van der Waals surface area contributed by atoms with Crippen molar-refractivity contribution >= 4 is 11.6 Å². The van der Waals surface area contributed by atoms with Crippen molar-refractivity contribution in [1.29, 1.82) is 0 Å². The van der Waals surface area contributed by atoms with Gasteiger partial charge in [-0.1, -0.05) is 6.07 Å². The first-order valence-corrected chi connectivity index (χ1v) is 11.9. The molecule has 2 fully saturated rings. The average molecular weight is 460 g/mol. The van der Waals surface area contributed by atoms with Crippen LogP contribution in [0.3, 0.4) is 0 Å². The zero-order valence-corrected chi connectivity index (χ0v) is 20.6. The van der Waals surface area contributed by atoms with Crippen molar-refractivity contribution in [1.82, 2.24) is 20.0 Å². The lowest BCUT2D eigenvalue weighted by molar-refractivity contribution is 0.0939. The first-order chi connectivity index (χ1) is 16.3. The minimum atomic E-state index is -0.186. The summed E-state index contributed by atoms with van der Waals surface area (Å²) in [4.78, 5) is 18.3. The SMILES string of the molecule is COc1cc(-c2ccnn2C)cc([C@@H](C)NC(=O)c2cc(N3CC4C[C@@H]3CN4C)ccc2C)c1. The Morgan fingerprint density at radius 3 is 2.59 bits per heavy atom. The quantitative estimate of drug-likeness (QED) is 0.608. The smallest absolute Gasteiger partial charge is 0.252 e. The molecule has 178 valence electrons. The van der Waals surface area contributed by atoms with E-state index in [1.807, 2.05) is 43.8 Å². The molecule has 2 bridgehead atoms. The molecule has 7 nitrogen and oxygen atoms in total. The number of amides is 1. The van der Waals surface area contributed by atoms with Gasteiger partial charge in [-0.3, -0.25) is 14.4 Å². The van der Waals surface area contributed by atoms with Crippen LogP contribution in [-0.2, 0) is 7.05 Å². The number of carbonyl (C=O) groups is 1. The van der Waals surface area contributed by atoms with Crippen LogP contribution in [0.1, 0.15) is 40.9 Å². The fraction of sp³-hybridized carbons (Fsp3) is 0.407. The van der Waals surface area contributed by atoms with E-state index in [4.69, 9.17) is 4.74 Å². The molecule has 34 heavy (non-hydrogen) atoms. The maximum absolute atomic E-state index is 13.4. The third-order valence-electron chi connectivity index (χ3n) is 7.44. The molecule has 3 atom stereocenters. The number of nitrogens with one attached hydrogen (secondary N) is 1. The van der Waals surface area contributed by atoms with Gasteiger partial charge in [0.1, 0.15) is 5.75 Å². The number of nitrogens with zero attached hydrogens (tertiary/aromatic N) is 4. The number of anilines is 1. The second-order valence-corrected chi connectivity index (χ2v) is 9.66. The predicted molar refractivity (Wildman–Crippen MR) is 134 cm³/mol. The minimum Gasteiger partial charge on any atom is -0.497 e. The van der Waals surface area contributed by atoms with Crippen LogP contribution in [0.2, 0.25) is 0 Å². The number of benzene rings is 2. The summed E-state index contributed by atoms with van der Waals surface area (Å²) in [5, 5.41) is 7.49. The summed E-state index contributed by atoms with van der Waals surface area (Å²) in [6, 6.07) is 15.3. The summed E-state index contributed by atoms with van der Waals surface area (Å²) >= 11 is 0. The van der Waals surface area contributed by atoms with Crippen LogP contribution in [0.25, 0.3) is 11.3 Å². The molecule has 0 spiro atoms. The molecule has 0 aliphatic carbocycles. The van der Waals surface area contributed by atoms with E-state index in [0.29, 0.717) is 12.1 Å². The number of aryl methyl sites for hydroxylation is 2. The number of rotatable bonds is 6. The Labute approximate surface area is 201 Å². The number of aromatic nitrogens is 2. The van der Waals surface area contributed by atoms with Crippen molar-refractivity contribution in [2.45, 2.75) is 38.4 Å². The topological polar surface area (TPSA) is 62.6 Å². The first-order valence-electron chi connectivity index (χ1n) is 11.9. The molecular weight excluding hydrogens is 426 g/mol. The van der Waals surface area contributed by atoms with Crippen molar-refractivity contribution in [3.05, 3.63) is 65.4 Å². The highest BCUT2D eigenvalue weighted by Gasteiger charge is 2.41. The summed E-state index contributed by atoms with van der Waals surface area (Å²) < 4.78 is 7.38. The molecule has 1 unspecified atom stereocenters. The van der Waals surface area contributed by atoms with E-state index in [1.165, 1.54) is 6.42 Å². The summed E-state index contributed by atoms with van der Waals surface area (Å²) in [5.41, 5.74) is 5.84. The van der Waals surface area contributed by atoms with Gasteiger partial charge in [0.25, 0.3) is 5.91 Å². The van der Waals surface area contributed by atoms with Crippen LogP contribution in [0.5, 0.6) is 5.75 Å². The van der Waals surface area contributed by atoms with Crippen LogP contribution in [0.15, 0.2) is 48.7 Å². The molecule has 2 aromatic carbocycles. The van der Waals surface area contributed by atoms with E-state index in [9.17, 15) is 4.79 Å². The summed E-state index contributed by atoms with van der Waals surface area (Å²) in [6.07, 6.45) is 2.98. The second kappa shape index (κ2) is 8.80. The van der Waals surface area contributed by atoms with Gasteiger partial charge < -0.3 is 15.0 Å². The van der Waals surface area contributed by atoms with Crippen LogP contribution in [0, 0.1) is 6.92 Å². The molecule has 3 aromatic rings. The molecule has 3 heterocycles. The van der Waals surface area contributed by atoms with Gasteiger partial charge in [-0.2, -0.15) is 5.10 Å². The normalized spacial score (nSPS) is 20.6. The fourth-order valence-electron chi connectivity index (χ4n) is 5.37. The zero-order chi connectivity index (χ0) is 24.0. The molecule has 7 heteroatoms. The van der Waals surface area contributed by atoms with Crippen molar-refractivity contribution in [2.75, 3.05) is 32.1 Å². The van der Waals surface area contributed by atoms with Crippen molar-refractivity contribution in [2.24, 2.45) is 7.05 Å². The average Bonchev–Trinajstić information content (AvgIpc) is 3.54. The highest BCUT2D eigenvalue weighted by molar-refractivity contribution is 5.97. The van der Waals surface area contributed by atoms with Gasteiger partial charge >= 0.3 is 0 Å². The lowest BCUT2D eigenvalue weighted by Crippen LogP contribution is -2.44. The van der Waals surface area contributed by atoms with E-state index in [0.717, 1.165) is 52.5 Å². The molecule has 2 aliphatic heterocycles. The largest absolute Gasteiger partial charge is 0.497 e. The molecule has 1 N–H and O–H groups in total. The van der Waals surface area contributed by atoms with Crippen LogP contribution >= 0.6 is 0 Å². The summed E-state index contributed by atoms with van der Waals surface area (Å²) in [7, 11) is 5.78. The van der Waals surface area contributed by atoms with Crippen LogP contribution in [0.4, 0.5) is 5.69 Å². The van der Waals surface area contributed by atoms with Gasteiger partial charge in [0.2, 0.25) is 0 Å². The van der Waals surface area contributed by atoms with Gasteiger partial charge in [0.15, 0.2) is 0 Å². The molecular formula is C27H33N5O2. The number of methoxy groups -OCH3 is 1. The lowest BCUT2D eigenvalue weighted by Gasteiger charge is -2.34. The van der Waals surface area contributed by atoms with E-state index >= 15 is 0 Å². The van der Waals surface area contributed by atoms with E-state index in [-0.39, 0.29) is 11.9 Å². The Kier molecular flexibility index (Phi) is 5.81. The second-order valence-electron chi connectivity index (χ2n) is 9.66. The number of likely N-dealkylation sites (N-methyl/N-ethyl adjacent to an activating group) is 1. The number of ether oxygens (including phenoxy) is 1. The summed E-state index contributed by atoms with van der Waals surface area (Å²) in [6.45, 7) is 6.13. The van der Waals surface area contributed by atoms with Gasteiger partial charge in [-0.15, -0.1) is 0 Å². The third-order valence-corrected chi connectivity index (χ3v) is 7.44. The molecule has 5 rings (SSSR count). The number of hydrogen-bond donors (Lipinski definition) is 1. The third kappa shape index (κ3) is 4.05. The van der Waals surface area contributed by atoms with Gasteiger partial charge in [-0.25, -0.2) is 0 Å². The van der Waals surface area contributed by atoms with Gasteiger partial charge in [0.05, 0.1) is 18.8 Å². The van der Waals surface area contributed by atoms with Crippen molar-refractivity contribution in [3.63, 3.8) is 0 Å². The van der Waals surface area contributed by atoms with Crippen molar-refractivity contribution < 1.29 is 9.53 Å². The number of carbonyl (C=O) groups excluding carboxylic acids is 1. The molecule has 0 saturated carbocycles. The summed E-state index contributed by atoms with van der Waals surface area (Å²) in [5.74, 6) is 0.695. The molecule has 0 radical (unpaired) electrons. The number of piperazine rings is 1. The number of likely N-dealkylation sites (tertiary alicyclic amines) is 1. The van der Waals surface area contributed by atoms with Crippen LogP contribution < -0.4 is 15.0 Å². The standard InChI is InChI=1S/C27H33N5O2/c1-17-6-7-21(32-16-22-13-23(32)15-30(22)3)14-25(17)27(33)29-18(2)19-10-20(12-24(11-19)34-5)26-8-9-28-31(26)4/h6-12,14,18,22-23H,13,15-16H2,1-5H3,(H,29,33)/t18-,22?,23-/m1/s1. The Morgan fingerprint density at radius 1 is 1.12 bits per heavy atom. The monoisotopic (exact) mass is 459 g/mol. The minimum absolute atomic E-state index is 0.0572. The van der Waals surface area contributed by atoms with E-state index < -0.39 is 0 Å². The first kappa shape index (κ1) is 22.5. The Bertz CT molecular complexity index is 1220. The van der Waals surface area contributed by atoms with E-state index in [1.54, 1.807) is 13.3 Å². The molecule has 1 amide bonds. The zero-order valence-electron chi connectivity index (χ0n) is 20.6. The Hall–Kier alpha value is -3.32.